The third-order valence-electron chi connectivity index (χ3n) is 3.31. The van der Waals surface area contributed by atoms with Gasteiger partial charge in [0.25, 0.3) is 0 Å². The Labute approximate surface area is 96.5 Å². The Kier molecular flexibility index (Phi) is 3.01. The summed E-state index contributed by atoms with van der Waals surface area (Å²) in [6.07, 6.45) is 1.54. The van der Waals surface area contributed by atoms with Crippen LogP contribution in [0.4, 0.5) is 0 Å². The highest BCUT2D eigenvalue weighted by Crippen LogP contribution is 2.25. The number of rotatable bonds is 3. The van der Waals surface area contributed by atoms with E-state index in [2.05, 4.69) is 42.8 Å². The summed E-state index contributed by atoms with van der Waals surface area (Å²) in [5.74, 6) is 0. The summed E-state index contributed by atoms with van der Waals surface area (Å²) >= 11 is 0. The number of aryl methyl sites for hydroxylation is 2. The molecule has 1 aromatic carbocycles. The Hall–Kier alpha value is -1.28. The highest BCUT2D eigenvalue weighted by atomic mass is 16.3. The van der Waals surface area contributed by atoms with Crippen molar-refractivity contribution in [1.82, 2.24) is 4.57 Å². The molecule has 0 bridgehead atoms. The predicted molar refractivity (Wildman–Crippen MR) is 67.7 cm³/mol. The molecule has 0 saturated heterocycles. The number of fused-ring (bicyclic) bond motifs is 1. The van der Waals surface area contributed by atoms with Crippen molar-refractivity contribution in [2.45, 2.75) is 32.8 Å². The van der Waals surface area contributed by atoms with Crippen molar-refractivity contribution >= 4 is 10.9 Å². The summed E-state index contributed by atoms with van der Waals surface area (Å²) in [6, 6.07) is 8.46. The van der Waals surface area contributed by atoms with Gasteiger partial charge in [-0.1, -0.05) is 18.2 Å². The van der Waals surface area contributed by atoms with Gasteiger partial charge in [-0.3, -0.25) is 0 Å². The van der Waals surface area contributed by atoms with Crippen LogP contribution in [0.5, 0.6) is 0 Å². The summed E-state index contributed by atoms with van der Waals surface area (Å²) in [5, 5.41) is 10.7. The van der Waals surface area contributed by atoms with Crippen LogP contribution in [0.25, 0.3) is 10.9 Å². The van der Waals surface area contributed by atoms with E-state index < -0.39 is 0 Å². The first-order valence-corrected chi connectivity index (χ1v) is 5.82. The maximum Gasteiger partial charge on any atom is 0.0515 e. The average molecular weight is 217 g/mol. The Bertz CT molecular complexity index is 458. The minimum Gasteiger partial charge on any atom is -0.393 e. The molecule has 1 heterocycles. The molecule has 1 N–H and O–H groups in total. The zero-order valence-corrected chi connectivity index (χ0v) is 10.2. The Morgan fingerprint density at radius 2 is 2.00 bits per heavy atom. The van der Waals surface area contributed by atoms with Crippen LogP contribution in [-0.4, -0.2) is 15.8 Å². The van der Waals surface area contributed by atoms with Gasteiger partial charge in [-0.25, -0.2) is 0 Å². The molecular weight excluding hydrogens is 198 g/mol. The largest absolute Gasteiger partial charge is 0.393 e. The molecule has 1 atom stereocenters. The second-order valence-corrected chi connectivity index (χ2v) is 4.54. The van der Waals surface area contributed by atoms with E-state index in [-0.39, 0.29) is 6.10 Å². The summed E-state index contributed by atoms with van der Waals surface area (Å²) in [4.78, 5) is 0. The molecule has 2 aromatic rings. The molecular formula is C14H19NO. The molecule has 1 unspecified atom stereocenters. The number of hydrogen-bond acceptors (Lipinski definition) is 1. The van der Waals surface area contributed by atoms with Gasteiger partial charge in [-0.15, -0.1) is 0 Å². The molecule has 86 valence electrons. The van der Waals surface area contributed by atoms with Gasteiger partial charge >= 0.3 is 0 Å². The highest BCUT2D eigenvalue weighted by molar-refractivity contribution is 5.85. The van der Waals surface area contributed by atoms with E-state index in [0.29, 0.717) is 0 Å². The molecule has 1 aromatic heterocycles. The zero-order valence-electron chi connectivity index (χ0n) is 10.2. The summed E-state index contributed by atoms with van der Waals surface area (Å²) in [7, 11) is 2.10. The number of aromatic nitrogens is 1. The van der Waals surface area contributed by atoms with Crippen LogP contribution in [0.3, 0.4) is 0 Å². The summed E-state index contributed by atoms with van der Waals surface area (Å²) in [6.45, 7) is 4.01. The maximum absolute atomic E-state index is 9.36. The normalized spacial score (nSPS) is 13.2. The van der Waals surface area contributed by atoms with Crippen LogP contribution >= 0.6 is 0 Å². The van der Waals surface area contributed by atoms with Gasteiger partial charge in [0.05, 0.1) is 6.10 Å². The monoisotopic (exact) mass is 217 g/mol. The van der Waals surface area contributed by atoms with Crippen LogP contribution in [-0.2, 0) is 13.5 Å². The molecule has 16 heavy (non-hydrogen) atoms. The van der Waals surface area contributed by atoms with Gasteiger partial charge in [-0.2, -0.15) is 0 Å². The molecule has 2 rings (SSSR count). The van der Waals surface area contributed by atoms with Gasteiger partial charge in [0.2, 0.25) is 0 Å². The van der Waals surface area contributed by atoms with Crippen LogP contribution in [0.15, 0.2) is 24.3 Å². The minimum atomic E-state index is -0.225. The first-order valence-electron chi connectivity index (χ1n) is 5.82. The molecule has 0 aliphatic carbocycles. The minimum absolute atomic E-state index is 0.225. The summed E-state index contributed by atoms with van der Waals surface area (Å²) < 4.78 is 2.24. The molecule has 0 amide bonds. The lowest BCUT2D eigenvalue weighted by atomic mass is 10.1. The van der Waals surface area contributed by atoms with Gasteiger partial charge in [0.15, 0.2) is 0 Å². The van der Waals surface area contributed by atoms with Crippen molar-refractivity contribution in [3.63, 3.8) is 0 Å². The van der Waals surface area contributed by atoms with Crippen molar-refractivity contribution in [2.75, 3.05) is 0 Å². The first-order chi connectivity index (χ1) is 7.61. The zero-order chi connectivity index (χ0) is 11.7. The third kappa shape index (κ3) is 1.85. The fourth-order valence-corrected chi connectivity index (χ4v) is 2.34. The van der Waals surface area contributed by atoms with Crippen molar-refractivity contribution in [1.29, 1.82) is 0 Å². The van der Waals surface area contributed by atoms with Crippen molar-refractivity contribution in [3.8, 4) is 0 Å². The van der Waals surface area contributed by atoms with Gasteiger partial charge < -0.3 is 9.67 Å². The van der Waals surface area contributed by atoms with E-state index in [1.54, 1.807) is 0 Å². The lowest BCUT2D eigenvalue weighted by Gasteiger charge is -2.07. The molecule has 0 aliphatic heterocycles. The number of aliphatic hydroxyl groups is 1. The van der Waals surface area contributed by atoms with Gasteiger partial charge in [-0.05, 0) is 38.3 Å². The number of aliphatic hydroxyl groups excluding tert-OH is 1. The fourth-order valence-electron chi connectivity index (χ4n) is 2.34. The van der Waals surface area contributed by atoms with Crippen molar-refractivity contribution in [3.05, 3.63) is 35.5 Å². The first kappa shape index (κ1) is 11.2. The van der Waals surface area contributed by atoms with Gasteiger partial charge in [0.1, 0.15) is 0 Å². The van der Waals surface area contributed by atoms with E-state index in [4.69, 9.17) is 0 Å². The molecule has 0 saturated carbocycles. The number of hydrogen-bond donors (Lipinski definition) is 1. The van der Waals surface area contributed by atoms with E-state index in [1.165, 1.54) is 22.2 Å². The second kappa shape index (κ2) is 4.30. The van der Waals surface area contributed by atoms with Crippen LogP contribution in [0, 0.1) is 6.92 Å². The van der Waals surface area contributed by atoms with Crippen molar-refractivity contribution in [2.24, 2.45) is 7.05 Å². The Morgan fingerprint density at radius 3 is 2.62 bits per heavy atom. The average Bonchev–Trinajstić information content (AvgIpc) is 2.50. The smallest absolute Gasteiger partial charge is 0.0515 e. The van der Waals surface area contributed by atoms with Crippen LogP contribution in [0.1, 0.15) is 24.6 Å². The van der Waals surface area contributed by atoms with E-state index in [0.717, 1.165) is 12.8 Å². The highest BCUT2D eigenvalue weighted by Gasteiger charge is 2.11. The standard InChI is InChI=1S/C14H19NO/c1-10(16)8-9-13-11(2)12-6-4-5-7-14(12)15(13)3/h4-7,10,16H,8-9H2,1-3H3. The lowest BCUT2D eigenvalue weighted by molar-refractivity contribution is 0.184. The van der Waals surface area contributed by atoms with E-state index in [9.17, 15) is 5.11 Å². The fraction of sp³-hybridized carbons (Fsp3) is 0.429. The van der Waals surface area contributed by atoms with E-state index in [1.807, 2.05) is 6.92 Å². The van der Waals surface area contributed by atoms with Crippen LogP contribution in [0.2, 0.25) is 0 Å². The number of para-hydroxylation sites is 1. The quantitative estimate of drug-likeness (QED) is 0.840. The van der Waals surface area contributed by atoms with Crippen LogP contribution < -0.4 is 0 Å². The van der Waals surface area contributed by atoms with Gasteiger partial charge in [0, 0.05) is 23.6 Å². The maximum atomic E-state index is 9.36. The predicted octanol–water partition coefficient (Wildman–Crippen LogP) is 2.80. The number of nitrogens with zero attached hydrogens (tertiary/aromatic N) is 1. The molecule has 2 heteroatoms. The van der Waals surface area contributed by atoms with E-state index >= 15 is 0 Å². The van der Waals surface area contributed by atoms with Crippen molar-refractivity contribution < 1.29 is 5.11 Å². The molecule has 0 radical (unpaired) electrons. The Balaban J connectivity index is 2.45. The second-order valence-electron chi connectivity index (χ2n) is 4.54. The summed E-state index contributed by atoms with van der Waals surface area (Å²) in [5.41, 5.74) is 3.96. The number of benzene rings is 1. The molecule has 0 fully saturated rings. The molecule has 2 nitrogen and oxygen atoms in total. The lowest BCUT2D eigenvalue weighted by Crippen LogP contribution is -2.05. The third-order valence-corrected chi connectivity index (χ3v) is 3.31. The SMILES string of the molecule is Cc1c(CCC(C)O)n(C)c2ccccc12. The molecule has 0 aliphatic rings. The molecule has 0 spiro atoms. The Morgan fingerprint density at radius 1 is 1.31 bits per heavy atom. The topological polar surface area (TPSA) is 25.2 Å².